The molecule has 0 aromatic rings. The van der Waals surface area contributed by atoms with Crippen LogP contribution in [0.5, 0.6) is 0 Å². The van der Waals surface area contributed by atoms with Gasteiger partial charge in [-0.05, 0) is 18.8 Å². The molecular formula is C21H35N5O3. The van der Waals surface area contributed by atoms with Gasteiger partial charge in [0.1, 0.15) is 0 Å². The predicted molar refractivity (Wildman–Crippen MR) is 111 cm³/mol. The first-order valence-electron chi connectivity index (χ1n) is 10.9. The number of carbonyl (C=O) groups excluding carboxylic acids is 3. The van der Waals surface area contributed by atoms with E-state index in [0.29, 0.717) is 51.7 Å². The lowest BCUT2D eigenvalue weighted by Crippen LogP contribution is -2.61. The van der Waals surface area contributed by atoms with Gasteiger partial charge in [-0.2, -0.15) is 0 Å². The molecule has 4 amide bonds. The highest BCUT2D eigenvalue weighted by Gasteiger charge is 2.40. The third-order valence-electron chi connectivity index (χ3n) is 6.53. The van der Waals surface area contributed by atoms with Crippen molar-refractivity contribution in [2.24, 2.45) is 5.92 Å². The highest BCUT2D eigenvalue weighted by molar-refractivity contribution is 5.83. The van der Waals surface area contributed by atoms with Gasteiger partial charge < -0.3 is 20.0 Å². The van der Waals surface area contributed by atoms with Crippen LogP contribution in [0.1, 0.15) is 32.6 Å². The SMILES string of the molecule is C=CCNC(=O)N1CCN(C(C(=O)N2CCN(C(C)=O)CC2)C2CCCC2)CC1. The number of nitrogens with zero attached hydrogens (tertiary/aromatic N) is 4. The van der Waals surface area contributed by atoms with Crippen molar-refractivity contribution in [3.05, 3.63) is 12.7 Å². The molecule has 0 radical (unpaired) electrons. The maximum absolute atomic E-state index is 13.5. The van der Waals surface area contributed by atoms with E-state index in [0.717, 1.165) is 25.9 Å². The first-order valence-corrected chi connectivity index (χ1v) is 10.9. The predicted octanol–water partition coefficient (Wildman–Crippen LogP) is 0.749. The van der Waals surface area contributed by atoms with Crippen LogP contribution >= 0.6 is 0 Å². The number of piperazine rings is 2. The Balaban J connectivity index is 1.61. The number of hydrogen-bond donors (Lipinski definition) is 1. The second-order valence-electron chi connectivity index (χ2n) is 8.32. The fraction of sp³-hybridized carbons (Fsp3) is 0.762. The van der Waals surface area contributed by atoms with Crippen LogP contribution in [0.25, 0.3) is 0 Å². The summed E-state index contributed by atoms with van der Waals surface area (Å²) in [5, 5.41) is 2.83. The van der Waals surface area contributed by atoms with Crippen molar-refractivity contribution in [2.75, 3.05) is 58.9 Å². The molecule has 0 spiro atoms. The summed E-state index contributed by atoms with van der Waals surface area (Å²) in [5.74, 6) is 0.689. The van der Waals surface area contributed by atoms with E-state index in [1.165, 1.54) is 12.8 Å². The van der Waals surface area contributed by atoms with Crippen molar-refractivity contribution < 1.29 is 14.4 Å². The zero-order chi connectivity index (χ0) is 20.8. The van der Waals surface area contributed by atoms with Crippen LogP contribution < -0.4 is 5.32 Å². The Hall–Kier alpha value is -2.09. The van der Waals surface area contributed by atoms with Crippen LogP contribution in [0.4, 0.5) is 4.79 Å². The minimum Gasteiger partial charge on any atom is -0.339 e. The fourth-order valence-corrected chi connectivity index (χ4v) is 4.83. The van der Waals surface area contributed by atoms with E-state index in [1.807, 2.05) is 14.7 Å². The fourth-order valence-electron chi connectivity index (χ4n) is 4.83. The van der Waals surface area contributed by atoms with E-state index in [2.05, 4.69) is 16.8 Å². The van der Waals surface area contributed by atoms with Crippen LogP contribution in [0, 0.1) is 5.92 Å². The van der Waals surface area contributed by atoms with Crippen molar-refractivity contribution in [3.63, 3.8) is 0 Å². The average Bonchev–Trinajstić information content (AvgIpc) is 3.27. The van der Waals surface area contributed by atoms with Crippen molar-refractivity contribution in [1.29, 1.82) is 0 Å². The van der Waals surface area contributed by atoms with Crippen LogP contribution in [-0.4, -0.2) is 102 Å². The number of carbonyl (C=O) groups is 3. The zero-order valence-electron chi connectivity index (χ0n) is 17.6. The molecule has 1 N–H and O–H groups in total. The lowest BCUT2D eigenvalue weighted by molar-refractivity contribution is -0.144. The van der Waals surface area contributed by atoms with Gasteiger partial charge in [0.25, 0.3) is 0 Å². The summed E-state index contributed by atoms with van der Waals surface area (Å²) in [6.45, 7) is 10.9. The number of urea groups is 1. The van der Waals surface area contributed by atoms with E-state index in [1.54, 1.807) is 13.0 Å². The van der Waals surface area contributed by atoms with Gasteiger partial charge in [-0.3, -0.25) is 14.5 Å². The third kappa shape index (κ3) is 5.29. The largest absolute Gasteiger partial charge is 0.339 e. The maximum atomic E-state index is 13.5. The minimum absolute atomic E-state index is 0.0614. The lowest BCUT2D eigenvalue weighted by atomic mass is 9.94. The van der Waals surface area contributed by atoms with E-state index in [-0.39, 0.29) is 23.9 Å². The summed E-state index contributed by atoms with van der Waals surface area (Å²) >= 11 is 0. The molecule has 3 aliphatic rings. The molecule has 1 unspecified atom stereocenters. The van der Waals surface area contributed by atoms with E-state index >= 15 is 0 Å². The molecule has 2 aliphatic heterocycles. The standard InChI is InChI=1S/C21H35N5O3/c1-3-8-22-21(29)26-15-11-24(12-16-26)19(18-6-4-5-7-18)20(28)25-13-9-23(10-14-25)17(2)27/h3,18-19H,1,4-16H2,2H3,(H,22,29). The van der Waals surface area contributed by atoms with Gasteiger partial charge in [0.15, 0.2) is 0 Å². The lowest BCUT2D eigenvalue weighted by Gasteiger charge is -2.43. The Bertz CT molecular complexity index is 603. The number of hydrogen-bond acceptors (Lipinski definition) is 4. The first-order chi connectivity index (χ1) is 14.0. The molecule has 1 aliphatic carbocycles. The summed E-state index contributed by atoms with van der Waals surface area (Å²) in [6, 6.07) is -0.159. The molecule has 3 rings (SSSR count). The molecule has 1 atom stereocenters. The molecule has 1 saturated carbocycles. The summed E-state index contributed by atoms with van der Waals surface area (Å²) < 4.78 is 0. The summed E-state index contributed by atoms with van der Waals surface area (Å²) in [4.78, 5) is 45.2. The Morgan fingerprint density at radius 1 is 0.931 bits per heavy atom. The Morgan fingerprint density at radius 2 is 1.48 bits per heavy atom. The van der Waals surface area contributed by atoms with Crippen LogP contribution in [-0.2, 0) is 9.59 Å². The molecule has 3 fully saturated rings. The molecule has 162 valence electrons. The van der Waals surface area contributed by atoms with Crippen molar-refractivity contribution in [2.45, 2.75) is 38.6 Å². The van der Waals surface area contributed by atoms with Gasteiger partial charge in [0.05, 0.1) is 6.04 Å². The molecule has 29 heavy (non-hydrogen) atoms. The first kappa shape index (κ1) is 21.6. The van der Waals surface area contributed by atoms with Gasteiger partial charge in [0, 0.05) is 65.8 Å². The Morgan fingerprint density at radius 3 is 2.03 bits per heavy atom. The van der Waals surface area contributed by atoms with Crippen LogP contribution in [0.3, 0.4) is 0 Å². The molecule has 0 aromatic carbocycles. The van der Waals surface area contributed by atoms with Gasteiger partial charge in [-0.1, -0.05) is 18.9 Å². The molecule has 0 aromatic heterocycles. The highest BCUT2D eigenvalue weighted by atomic mass is 16.2. The normalized spacial score (nSPS) is 22.4. The maximum Gasteiger partial charge on any atom is 0.317 e. The van der Waals surface area contributed by atoms with Crippen molar-refractivity contribution in [1.82, 2.24) is 24.9 Å². The highest BCUT2D eigenvalue weighted by Crippen LogP contribution is 2.32. The molecule has 0 bridgehead atoms. The van der Waals surface area contributed by atoms with Crippen molar-refractivity contribution >= 4 is 17.8 Å². The smallest absolute Gasteiger partial charge is 0.317 e. The van der Waals surface area contributed by atoms with Gasteiger partial charge in [-0.15, -0.1) is 6.58 Å². The molecule has 8 heteroatoms. The monoisotopic (exact) mass is 405 g/mol. The number of rotatable bonds is 5. The second kappa shape index (κ2) is 10.1. The molecule has 2 heterocycles. The van der Waals surface area contributed by atoms with Crippen LogP contribution in [0.15, 0.2) is 12.7 Å². The quantitative estimate of drug-likeness (QED) is 0.685. The Kier molecular flexibility index (Phi) is 7.52. The Labute approximate surface area is 173 Å². The second-order valence-corrected chi connectivity index (χ2v) is 8.32. The number of amides is 4. The van der Waals surface area contributed by atoms with E-state index in [4.69, 9.17) is 0 Å². The third-order valence-corrected chi connectivity index (χ3v) is 6.53. The summed E-state index contributed by atoms with van der Waals surface area (Å²) in [5.41, 5.74) is 0. The topological polar surface area (TPSA) is 76.2 Å². The van der Waals surface area contributed by atoms with E-state index < -0.39 is 0 Å². The number of nitrogens with one attached hydrogen (secondary N) is 1. The minimum atomic E-state index is -0.0974. The zero-order valence-corrected chi connectivity index (χ0v) is 17.6. The van der Waals surface area contributed by atoms with Gasteiger partial charge >= 0.3 is 6.03 Å². The van der Waals surface area contributed by atoms with Crippen molar-refractivity contribution in [3.8, 4) is 0 Å². The van der Waals surface area contributed by atoms with Crippen LogP contribution in [0.2, 0.25) is 0 Å². The average molecular weight is 406 g/mol. The van der Waals surface area contributed by atoms with Gasteiger partial charge in [0.2, 0.25) is 11.8 Å². The molecule has 2 saturated heterocycles. The molecular weight excluding hydrogens is 370 g/mol. The van der Waals surface area contributed by atoms with E-state index in [9.17, 15) is 14.4 Å². The molecule has 8 nitrogen and oxygen atoms in total. The van der Waals surface area contributed by atoms with Gasteiger partial charge in [-0.25, -0.2) is 4.79 Å². The summed E-state index contributed by atoms with van der Waals surface area (Å²) in [6.07, 6.45) is 6.26. The summed E-state index contributed by atoms with van der Waals surface area (Å²) in [7, 11) is 0.